The molecular formula is C14H16FN3OS. The van der Waals surface area contributed by atoms with Gasteiger partial charge in [-0.2, -0.15) is 0 Å². The number of nitrogens with one attached hydrogen (secondary N) is 1. The summed E-state index contributed by atoms with van der Waals surface area (Å²) in [4.78, 5) is 17.0. The molecule has 4 nitrogen and oxygen atoms in total. The van der Waals surface area contributed by atoms with Crippen LogP contribution in [-0.4, -0.2) is 33.4 Å². The standard InChI is InChI=1S/C14H16FN3OS/c15-10-5-4-6-11-13(10)16-14(20)18(11)9-12(19)17-7-2-1-3-8-17/h4-6H,1-3,7-9H2,(H,16,20). The highest BCUT2D eigenvalue weighted by Gasteiger charge is 2.18. The van der Waals surface area contributed by atoms with Gasteiger partial charge in [-0.15, -0.1) is 0 Å². The van der Waals surface area contributed by atoms with Crippen LogP contribution in [0.4, 0.5) is 4.39 Å². The van der Waals surface area contributed by atoms with Crippen molar-refractivity contribution in [1.29, 1.82) is 0 Å². The molecule has 1 aromatic carbocycles. The number of benzene rings is 1. The fraction of sp³-hybridized carbons (Fsp3) is 0.429. The zero-order chi connectivity index (χ0) is 14.1. The highest BCUT2D eigenvalue weighted by molar-refractivity contribution is 7.71. The van der Waals surface area contributed by atoms with E-state index in [0.717, 1.165) is 25.9 Å². The average Bonchev–Trinajstić information content (AvgIpc) is 2.78. The van der Waals surface area contributed by atoms with E-state index in [0.29, 0.717) is 15.8 Å². The SMILES string of the molecule is O=C(Cn1c(=S)[nH]c2c(F)cccc21)N1CCCCC1. The summed E-state index contributed by atoms with van der Waals surface area (Å²) >= 11 is 5.20. The van der Waals surface area contributed by atoms with Gasteiger partial charge in [0.2, 0.25) is 5.91 Å². The molecule has 1 aromatic heterocycles. The molecule has 0 atom stereocenters. The van der Waals surface area contributed by atoms with Crippen LogP contribution in [0.25, 0.3) is 11.0 Å². The van der Waals surface area contributed by atoms with Crippen molar-refractivity contribution in [3.05, 3.63) is 28.8 Å². The predicted molar refractivity (Wildman–Crippen MR) is 77.5 cm³/mol. The third-order valence-electron chi connectivity index (χ3n) is 3.76. The van der Waals surface area contributed by atoms with Crippen LogP contribution in [0, 0.1) is 10.6 Å². The van der Waals surface area contributed by atoms with Gasteiger partial charge in [-0.3, -0.25) is 4.79 Å². The number of H-pyrrole nitrogens is 1. The molecule has 0 unspecified atom stereocenters. The van der Waals surface area contributed by atoms with Crippen molar-refractivity contribution in [2.24, 2.45) is 0 Å². The van der Waals surface area contributed by atoms with E-state index in [-0.39, 0.29) is 18.3 Å². The molecule has 1 N–H and O–H groups in total. The summed E-state index contributed by atoms with van der Waals surface area (Å²) in [6, 6.07) is 4.78. The van der Waals surface area contributed by atoms with Crippen molar-refractivity contribution >= 4 is 29.2 Å². The van der Waals surface area contributed by atoms with Crippen LogP contribution < -0.4 is 0 Å². The van der Waals surface area contributed by atoms with Crippen molar-refractivity contribution in [3.8, 4) is 0 Å². The third-order valence-corrected chi connectivity index (χ3v) is 4.08. The quantitative estimate of drug-likeness (QED) is 0.865. The lowest BCUT2D eigenvalue weighted by Crippen LogP contribution is -2.37. The molecule has 2 heterocycles. The van der Waals surface area contributed by atoms with E-state index in [9.17, 15) is 9.18 Å². The van der Waals surface area contributed by atoms with Crippen molar-refractivity contribution in [2.45, 2.75) is 25.8 Å². The molecule has 0 radical (unpaired) electrons. The number of nitrogens with zero attached hydrogens (tertiary/aromatic N) is 2. The van der Waals surface area contributed by atoms with Gasteiger partial charge in [0.25, 0.3) is 0 Å². The fourth-order valence-corrected chi connectivity index (χ4v) is 2.95. The van der Waals surface area contributed by atoms with Gasteiger partial charge in [-0.25, -0.2) is 4.39 Å². The van der Waals surface area contributed by atoms with Crippen molar-refractivity contribution in [1.82, 2.24) is 14.5 Å². The molecule has 6 heteroatoms. The van der Waals surface area contributed by atoms with Crippen LogP contribution in [0.15, 0.2) is 18.2 Å². The number of halogens is 1. The molecule has 0 spiro atoms. The Bertz CT molecular complexity index is 700. The molecule has 20 heavy (non-hydrogen) atoms. The number of hydrogen-bond acceptors (Lipinski definition) is 2. The molecule has 1 saturated heterocycles. The van der Waals surface area contributed by atoms with Gasteiger partial charge in [0, 0.05) is 13.1 Å². The highest BCUT2D eigenvalue weighted by atomic mass is 32.1. The first-order valence-electron chi connectivity index (χ1n) is 6.81. The van der Waals surface area contributed by atoms with Gasteiger partial charge in [0.05, 0.1) is 5.52 Å². The van der Waals surface area contributed by atoms with Crippen LogP contribution in [0.2, 0.25) is 0 Å². The van der Waals surface area contributed by atoms with E-state index >= 15 is 0 Å². The number of piperidine rings is 1. The normalized spacial score (nSPS) is 15.8. The molecule has 1 fully saturated rings. The number of para-hydroxylation sites is 1. The molecule has 106 valence electrons. The van der Waals surface area contributed by atoms with Gasteiger partial charge < -0.3 is 14.5 Å². The number of fused-ring (bicyclic) bond motifs is 1. The van der Waals surface area contributed by atoms with Gasteiger partial charge >= 0.3 is 0 Å². The Balaban J connectivity index is 1.90. The number of carbonyl (C=O) groups excluding carboxylic acids is 1. The Morgan fingerprint density at radius 3 is 2.80 bits per heavy atom. The molecule has 0 saturated carbocycles. The number of imidazole rings is 1. The molecule has 2 aromatic rings. The Labute approximate surface area is 121 Å². The van der Waals surface area contributed by atoms with E-state index in [1.807, 2.05) is 4.90 Å². The van der Waals surface area contributed by atoms with E-state index in [4.69, 9.17) is 12.2 Å². The Morgan fingerprint density at radius 2 is 2.05 bits per heavy atom. The number of likely N-dealkylation sites (tertiary alicyclic amines) is 1. The summed E-state index contributed by atoms with van der Waals surface area (Å²) in [6.45, 7) is 1.79. The smallest absolute Gasteiger partial charge is 0.242 e. The highest BCUT2D eigenvalue weighted by Crippen LogP contribution is 2.18. The number of amides is 1. The van der Waals surface area contributed by atoms with Crippen molar-refractivity contribution < 1.29 is 9.18 Å². The van der Waals surface area contributed by atoms with E-state index in [2.05, 4.69) is 4.98 Å². The van der Waals surface area contributed by atoms with E-state index in [1.165, 1.54) is 12.5 Å². The number of carbonyl (C=O) groups is 1. The first kappa shape index (κ1) is 13.3. The maximum Gasteiger partial charge on any atom is 0.242 e. The number of hydrogen-bond donors (Lipinski definition) is 1. The lowest BCUT2D eigenvalue weighted by atomic mass is 10.1. The van der Waals surface area contributed by atoms with E-state index < -0.39 is 0 Å². The van der Waals surface area contributed by atoms with Gasteiger partial charge in [0.15, 0.2) is 4.77 Å². The zero-order valence-corrected chi connectivity index (χ0v) is 11.9. The fourth-order valence-electron chi connectivity index (χ4n) is 2.68. The summed E-state index contributed by atoms with van der Waals surface area (Å²) in [7, 11) is 0. The topological polar surface area (TPSA) is 41.0 Å². The molecule has 3 rings (SSSR count). The second-order valence-corrected chi connectivity index (χ2v) is 5.48. The van der Waals surface area contributed by atoms with Gasteiger partial charge in [-0.1, -0.05) is 6.07 Å². The summed E-state index contributed by atoms with van der Waals surface area (Å²) < 4.78 is 15.7. The van der Waals surface area contributed by atoms with Crippen molar-refractivity contribution in [2.75, 3.05) is 13.1 Å². The number of rotatable bonds is 2. The molecule has 0 bridgehead atoms. The first-order chi connectivity index (χ1) is 9.66. The minimum absolute atomic E-state index is 0.0472. The molecule has 1 amide bonds. The predicted octanol–water partition coefficient (Wildman–Crippen LogP) is 2.85. The van der Waals surface area contributed by atoms with Crippen LogP contribution in [0.3, 0.4) is 0 Å². The number of aromatic amines is 1. The summed E-state index contributed by atoms with van der Waals surface area (Å²) in [5.41, 5.74) is 1.00. The minimum Gasteiger partial charge on any atom is -0.341 e. The summed E-state index contributed by atoms with van der Waals surface area (Å²) in [5, 5.41) is 0. The third kappa shape index (κ3) is 2.35. The average molecular weight is 293 g/mol. The lowest BCUT2D eigenvalue weighted by Gasteiger charge is -2.26. The zero-order valence-electron chi connectivity index (χ0n) is 11.1. The van der Waals surface area contributed by atoms with Crippen molar-refractivity contribution in [3.63, 3.8) is 0 Å². The molecule has 1 aliphatic rings. The second kappa shape index (κ2) is 5.36. The first-order valence-corrected chi connectivity index (χ1v) is 7.22. The Hall–Kier alpha value is -1.69. The Morgan fingerprint density at radius 1 is 1.30 bits per heavy atom. The summed E-state index contributed by atoms with van der Waals surface area (Å²) in [6.07, 6.45) is 3.29. The largest absolute Gasteiger partial charge is 0.341 e. The molecular weight excluding hydrogens is 277 g/mol. The van der Waals surface area contributed by atoms with Crippen LogP contribution in [0.5, 0.6) is 0 Å². The van der Waals surface area contributed by atoms with Crippen LogP contribution in [0.1, 0.15) is 19.3 Å². The van der Waals surface area contributed by atoms with Gasteiger partial charge in [0.1, 0.15) is 17.9 Å². The molecule has 1 aliphatic heterocycles. The van der Waals surface area contributed by atoms with Gasteiger partial charge in [-0.05, 0) is 43.6 Å². The van der Waals surface area contributed by atoms with Crippen LogP contribution in [-0.2, 0) is 11.3 Å². The maximum absolute atomic E-state index is 13.7. The summed E-state index contributed by atoms with van der Waals surface area (Å²) in [5.74, 6) is -0.302. The van der Waals surface area contributed by atoms with Crippen LogP contribution >= 0.6 is 12.2 Å². The maximum atomic E-state index is 13.7. The second-order valence-electron chi connectivity index (χ2n) is 5.09. The van der Waals surface area contributed by atoms with E-state index in [1.54, 1.807) is 16.7 Å². The Kier molecular flexibility index (Phi) is 3.56. The lowest BCUT2D eigenvalue weighted by molar-refractivity contribution is -0.132. The number of aromatic nitrogens is 2. The minimum atomic E-state index is -0.349. The molecule has 0 aliphatic carbocycles. The monoisotopic (exact) mass is 293 g/mol.